The van der Waals surface area contributed by atoms with Crippen molar-refractivity contribution in [1.82, 2.24) is 0 Å². The zero-order valence-corrected chi connectivity index (χ0v) is 11.0. The van der Waals surface area contributed by atoms with Crippen molar-refractivity contribution >= 4 is 20.3 Å². The van der Waals surface area contributed by atoms with Crippen LogP contribution in [0.3, 0.4) is 0 Å². The van der Waals surface area contributed by atoms with Crippen LogP contribution in [-0.2, 0) is 9.84 Å². The van der Waals surface area contributed by atoms with E-state index in [1.54, 1.807) is 6.08 Å². The summed E-state index contributed by atoms with van der Waals surface area (Å²) in [6.45, 7) is 0. The highest BCUT2D eigenvalue weighted by Crippen LogP contribution is 2.34. The zero-order chi connectivity index (χ0) is 13.3. The van der Waals surface area contributed by atoms with Crippen LogP contribution in [-0.4, -0.2) is 8.42 Å². The molecule has 94 valence electrons. The Balaban J connectivity index is 2.10. The molecule has 0 unspecified atom stereocenters. The molecule has 0 saturated carbocycles. The van der Waals surface area contributed by atoms with Crippen molar-refractivity contribution in [2.45, 2.75) is 0 Å². The number of hydrogen-bond donors (Lipinski definition) is 0. The van der Waals surface area contributed by atoms with Gasteiger partial charge in [-0.3, -0.25) is 0 Å². The van der Waals surface area contributed by atoms with Crippen LogP contribution in [0.5, 0.6) is 0 Å². The van der Waals surface area contributed by atoms with Gasteiger partial charge in [0.1, 0.15) is 0 Å². The van der Waals surface area contributed by atoms with E-state index in [4.69, 9.17) is 0 Å². The molecule has 19 heavy (non-hydrogen) atoms. The largest absolute Gasteiger partial charge is 0.219 e. The van der Waals surface area contributed by atoms with Gasteiger partial charge in [0.15, 0.2) is 0 Å². The molecule has 0 bridgehead atoms. The lowest BCUT2D eigenvalue weighted by atomic mass is 10.1. The fourth-order valence-corrected chi connectivity index (χ4v) is 3.54. The number of allylic oxidation sites excluding steroid dienone is 2. The van der Waals surface area contributed by atoms with E-state index in [9.17, 15) is 8.42 Å². The van der Waals surface area contributed by atoms with Crippen LogP contribution in [0.15, 0.2) is 72.1 Å². The van der Waals surface area contributed by atoms with Crippen molar-refractivity contribution in [1.29, 1.82) is 0 Å². The Morgan fingerprint density at radius 1 is 0.684 bits per heavy atom. The second-order valence-corrected chi connectivity index (χ2v) is 6.12. The Hall–Kier alpha value is -2.13. The van der Waals surface area contributed by atoms with Gasteiger partial charge >= 0.3 is 0 Å². The van der Waals surface area contributed by atoms with Gasteiger partial charge in [-0.1, -0.05) is 60.7 Å². The third-order valence-corrected chi connectivity index (χ3v) is 4.57. The number of sulfone groups is 1. The topological polar surface area (TPSA) is 34.1 Å². The lowest BCUT2D eigenvalue weighted by molar-refractivity contribution is 0.614. The monoisotopic (exact) mass is 268 g/mol. The van der Waals surface area contributed by atoms with E-state index in [-0.39, 0.29) is 0 Å². The van der Waals surface area contributed by atoms with Gasteiger partial charge in [-0.15, -0.1) is 0 Å². The molecule has 1 heterocycles. The molecule has 0 aliphatic carbocycles. The second kappa shape index (κ2) is 4.52. The van der Waals surface area contributed by atoms with Crippen LogP contribution in [0, 0.1) is 0 Å². The minimum Gasteiger partial charge on any atom is -0.219 e. The quantitative estimate of drug-likeness (QED) is 0.835. The molecule has 0 atom stereocenters. The van der Waals surface area contributed by atoms with Crippen LogP contribution >= 0.6 is 0 Å². The van der Waals surface area contributed by atoms with Crippen LogP contribution < -0.4 is 0 Å². The van der Waals surface area contributed by atoms with Crippen LogP contribution in [0.1, 0.15) is 11.1 Å². The number of benzene rings is 2. The molecule has 0 aromatic heterocycles. The highest BCUT2D eigenvalue weighted by atomic mass is 32.2. The van der Waals surface area contributed by atoms with E-state index in [0.29, 0.717) is 4.91 Å². The van der Waals surface area contributed by atoms with Crippen molar-refractivity contribution in [3.63, 3.8) is 0 Å². The average Bonchev–Trinajstić information content (AvgIpc) is 2.77. The first-order valence-corrected chi connectivity index (χ1v) is 7.51. The third kappa shape index (κ3) is 2.25. The standard InChI is InChI=1S/C16H12O2S/c17-19(18)12-15(13-7-3-1-4-8-13)11-16(19)14-9-5-2-6-10-14/h1-12H. The first kappa shape index (κ1) is 11.9. The van der Waals surface area contributed by atoms with Gasteiger partial charge in [0.2, 0.25) is 9.84 Å². The molecule has 0 spiro atoms. The predicted octanol–water partition coefficient (Wildman–Crippen LogP) is 3.50. The minimum absolute atomic E-state index is 0.368. The summed E-state index contributed by atoms with van der Waals surface area (Å²) in [6.07, 6.45) is 1.74. The van der Waals surface area contributed by atoms with E-state index < -0.39 is 9.84 Å². The summed E-state index contributed by atoms with van der Waals surface area (Å²) >= 11 is 0. The van der Waals surface area contributed by atoms with E-state index in [2.05, 4.69) is 0 Å². The summed E-state index contributed by atoms with van der Waals surface area (Å²) in [4.78, 5) is 0.368. The fraction of sp³-hybridized carbons (Fsp3) is 0. The maximum Gasteiger partial charge on any atom is 0.201 e. The Morgan fingerprint density at radius 2 is 1.21 bits per heavy atom. The SMILES string of the molecule is O=S1(=O)C=C(c2ccccc2)C=C1c1ccccc1. The maximum absolute atomic E-state index is 12.2. The van der Waals surface area contributed by atoms with Crippen LogP contribution in [0.25, 0.3) is 10.5 Å². The van der Waals surface area contributed by atoms with Gasteiger partial charge in [0, 0.05) is 5.41 Å². The van der Waals surface area contributed by atoms with Gasteiger partial charge in [-0.05, 0) is 22.8 Å². The van der Waals surface area contributed by atoms with Crippen LogP contribution in [0.2, 0.25) is 0 Å². The smallest absolute Gasteiger partial charge is 0.201 e. The van der Waals surface area contributed by atoms with Gasteiger partial charge in [0.25, 0.3) is 0 Å². The van der Waals surface area contributed by atoms with E-state index in [1.807, 2.05) is 60.7 Å². The summed E-state index contributed by atoms with van der Waals surface area (Å²) in [5, 5.41) is 1.34. The highest BCUT2D eigenvalue weighted by Gasteiger charge is 2.24. The Kier molecular flexibility index (Phi) is 2.84. The maximum atomic E-state index is 12.2. The van der Waals surface area contributed by atoms with Gasteiger partial charge < -0.3 is 0 Å². The van der Waals surface area contributed by atoms with E-state index in [0.717, 1.165) is 16.7 Å². The minimum atomic E-state index is -3.34. The Labute approximate surface area is 112 Å². The van der Waals surface area contributed by atoms with Crippen molar-refractivity contribution < 1.29 is 8.42 Å². The second-order valence-electron chi connectivity index (χ2n) is 4.36. The first-order chi connectivity index (χ1) is 9.17. The summed E-state index contributed by atoms with van der Waals surface area (Å²) in [6, 6.07) is 18.7. The molecule has 0 amide bonds. The molecule has 2 nitrogen and oxygen atoms in total. The van der Waals surface area contributed by atoms with E-state index in [1.165, 1.54) is 5.41 Å². The lowest BCUT2D eigenvalue weighted by Gasteiger charge is -2.00. The van der Waals surface area contributed by atoms with Gasteiger partial charge in [-0.25, -0.2) is 8.42 Å². The van der Waals surface area contributed by atoms with Gasteiger partial charge in [-0.2, -0.15) is 0 Å². The van der Waals surface area contributed by atoms with Crippen LogP contribution in [0.4, 0.5) is 0 Å². The van der Waals surface area contributed by atoms with Crippen molar-refractivity contribution in [3.05, 3.63) is 83.3 Å². The Morgan fingerprint density at radius 3 is 1.79 bits per heavy atom. The highest BCUT2D eigenvalue weighted by molar-refractivity contribution is 8.03. The summed E-state index contributed by atoms with van der Waals surface area (Å²) in [5.74, 6) is 0. The average molecular weight is 268 g/mol. The molecular formula is C16H12O2S. The number of hydrogen-bond acceptors (Lipinski definition) is 2. The summed E-state index contributed by atoms with van der Waals surface area (Å²) in [5.41, 5.74) is 2.38. The van der Waals surface area contributed by atoms with Crippen molar-refractivity contribution in [2.24, 2.45) is 0 Å². The molecule has 0 radical (unpaired) electrons. The lowest BCUT2D eigenvalue weighted by Crippen LogP contribution is -1.94. The molecule has 2 aromatic carbocycles. The molecular weight excluding hydrogens is 256 g/mol. The molecule has 1 aliphatic rings. The molecule has 0 saturated heterocycles. The number of rotatable bonds is 2. The first-order valence-electron chi connectivity index (χ1n) is 5.96. The zero-order valence-electron chi connectivity index (χ0n) is 10.2. The predicted molar refractivity (Wildman–Crippen MR) is 77.8 cm³/mol. The van der Waals surface area contributed by atoms with Crippen molar-refractivity contribution in [3.8, 4) is 0 Å². The summed E-state index contributed by atoms with van der Waals surface area (Å²) in [7, 11) is -3.34. The van der Waals surface area contributed by atoms with E-state index >= 15 is 0 Å². The van der Waals surface area contributed by atoms with Crippen molar-refractivity contribution in [2.75, 3.05) is 0 Å². The third-order valence-electron chi connectivity index (χ3n) is 3.04. The fourth-order valence-electron chi connectivity index (χ4n) is 2.12. The molecule has 0 fully saturated rings. The molecule has 1 aliphatic heterocycles. The molecule has 3 heteroatoms. The van der Waals surface area contributed by atoms with Gasteiger partial charge in [0.05, 0.1) is 4.91 Å². The summed E-state index contributed by atoms with van der Waals surface area (Å²) < 4.78 is 24.4. The molecule has 3 rings (SSSR count). The molecule has 0 N–H and O–H groups in total. The Bertz CT molecular complexity index is 755. The normalized spacial score (nSPS) is 16.8. The molecule has 2 aromatic rings.